The minimum Gasteiger partial charge on any atom is -0.320 e. The number of rotatable bonds is 3. The van der Waals surface area contributed by atoms with Crippen molar-refractivity contribution in [2.75, 3.05) is 0 Å². The SMILES string of the molecule is CCc1ccc(C(N)c2cc(Br)sc2Br)cc1. The Morgan fingerprint density at radius 3 is 2.35 bits per heavy atom. The standard InChI is InChI=1S/C13H13Br2NS/c1-2-8-3-5-9(6-4-8)12(16)10-7-11(14)17-13(10)15/h3-7,12H,2,16H2,1H3. The maximum atomic E-state index is 6.28. The van der Waals surface area contributed by atoms with Gasteiger partial charge in [0, 0.05) is 0 Å². The molecule has 17 heavy (non-hydrogen) atoms. The van der Waals surface area contributed by atoms with Crippen LogP contribution < -0.4 is 5.73 Å². The van der Waals surface area contributed by atoms with E-state index in [0.29, 0.717) is 0 Å². The van der Waals surface area contributed by atoms with E-state index in [4.69, 9.17) is 5.73 Å². The fourth-order valence-electron chi connectivity index (χ4n) is 1.71. The molecule has 0 aliphatic rings. The lowest BCUT2D eigenvalue weighted by Gasteiger charge is -2.11. The summed E-state index contributed by atoms with van der Waals surface area (Å²) in [6.45, 7) is 2.15. The Hall–Kier alpha value is -0.160. The van der Waals surface area contributed by atoms with Crippen LogP contribution in [0.15, 0.2) is 37.9 Å². The Balaban J connectivity index is 2.30. The van der Waals surface area contributed by atoms with Gasteiger partial charge < -0.3 is 5.73 Å². The van der Waals surface area contributed by atoms with Crippen LogP contribution in [-0.4, -0.2) is 0 Å². The first kappa shape index (κ1) is 13.3. The van der Waals surface area contributed by atoms with Gasteiger partial charge in [0.2, 0.25) is 0 Å². The van der Waals surface area contributed by atoms with Gasteiger partial charge in [-0.1, -0.05) is 31.2 Å². The van der Waals surface area contributed by atoms with Gasteiger partial charge in [0.1, 0.15) is 0 Å². The molecular weight excluding hydrogens is 362 g/mol. The number of hydrogen-bond acceptors (Lipinski definition) is 2. The van der Waals surface area contributed by atoms with Crippen molar-refractivity contribution in [3.8, 4) is 0 Å². The Bertz CT molecular complexity index is 505. The van der Waals surface area contributed by atoms with Crippen molar-refractivity contribution in [1.29, 1.82) is 0 Å². The normalized spacial score (nSPS) is 12.7. The fourth-order valence-corrected chi connectivity index (χ4v) is 4.63. The summed E-state index contributed by atoms with van der Waals surface area (Å²) in [6.07, 6.45) is 1.06. The molecule has 0 spiro atoms. The zero-order valence-electron chi connectivity index (χ0n) is 9.41. The maximum Gasteiger partial charge on any atom is 0.0761 e. The number of halogens is 2. The second-order valence-electron chi connectivity index (χ2n) is 3.85. The Morgan fingerprint density at radius 1 is 1.24 bits per heavy atom. The van der Waals surface area contributed by atoms with Gasteiger partial charge >= 0.3 is 0 Å². The number of nitrogens with two attached hydrogens (primary N) is 1. The van der Waals surface area contributed by atoms with Gasteiger partial charge in [0.25, 0.3) is 0 Å². The van der Waals surface area contributed by atoms with Gasteiger partial charge in [-0.05, 0) is 61.0 Å². The van der Waals surface area contributed by atoms with E-state index in [0.717, 1.165) is 25.1 Å². The quantitative estimate of drug-likeness (QED) is 0.813. The Morgan fingerprint density at radius 2 is 1.88 bits per heavy atom. The highest BCUT2D eigenvalue weighted by Crippen LogP contribution is 2.36. The van der Waals surface area contributed by atoms with Gasteiger partial charge in [0.05, 0.1) is 13.6 Å². The summed E-state index contributed by atoms with van der Waals surface area (Å²) in [4.78, 5) is 0. The molecule has 0 radical (unpaired) electrons. The zero-order chi connectivity index (χ0) is 12.4. The summed E-state index contributed by atoms with van der Waals surface area (Å²) >= 11 is 8.68. The zero-order valence-corrected chi connectivity index (χ0v) is 13.4. The van der Waals surface area contributed by atoms with E-state index in [1.807, 2.05) is 0 Å². The molecule has 0 fully saturated rings. The molecule has 0 aliphatic carbocycles. The van der Waals surface area contributed by atoms with E-state index < -0.39 is 0 Å². The monoisotopic (exact) mass is 373 g/mol. The van der Waals surface area contributed by atoms with E-state index >= 15 is 0 Å². The number of benzene rings is 1. The molecule has 2 rings (SSSR count). The fraction of sp³-hybridized carbons (Fsp3) is 0.231. The van der Waals surface area contributed by atoms with Crippen molar-refractivity contribution in [3.05, 3.63) is 54.6 Å². The lowest BCUT2D eigenvalue weighted by Crippen LogP contribution is -2.11. The molecule has 2 aromatic rings. The van der Waals surface area contributed by atoms with E-state index in [2.05, 4.69) is 69.1 Å². The van der Waals surface area contributed by atoms with Gasteiger partial charge in [0.15, 0.2) is 0 Å². The molecule has 1 aromatic heterocycles. The first-order chi connectivity index (χ1) is 8.11. The van der Waals surface area contributed by atoms with Gasteiger partial charge in [-0.25, -0.2) is 0 Å². The van der Waals surface area contributed by atoms with E-state index in [9.17, 15) is 0 Å². The van der Waals surface area contributed by atoms with Crippen molar-refractivity contribution in [3.63, 3.8) is 0 Å². The lowest BCUT2D eigenvalue weighted by molar-refractivity contribution is 0.870. The molecule has 90 valence electrons. The van der Waals surface area contributed by atoms with Crippen LogP contribution in [0.4, 0.5) is 0 Å². The molecule has 1 unspecified atom stereocenters. The highest BCUT2D eigenvalue weighted by Gasteiger charge is 2.14. The van der Waals surface area contributed by atoms with Crippen LogP contribution >= 0.6 is 43.2 Å². The molecular formula is C13H13Br2NS. The number of hydrogen-bond donors (Lipinski definition) is 1. The van der Waals surface area contributed by atoms with Gasteiger partial charge in [-0.2, -0.15) is 0 Å². The molecule has 1 nitrogen and oxygen atoms in total. The van der Waals surface area contributed by atoms with E-state index in [1.54, 1.807) is 11.3 Å². The van der Waals surface area contributed by atoms with Crippen molar-refractivity contribution in [2.45, 2.75) is 19.4 Å². The average Bonchev–Trinajstić information content (AvgIpc) is 2.68. The van der Waals surface area contributed by atoms with E-state index in [1.165, 1.54) is 5.56 Å². The van der Waals surface area contributed by atoms with Crippen LogP contribution in [0.25, 0.3) is 0 Å². The highest BCUT2D eigenvalue weighted by atomic mass is 79.9. The topological polar surface area (TPSA) is 26.0 Å². The predicted molar refractivity (Wildman–Crippen MR) is 81.6 cm³/mol. The predicted octanol–water partition coefficient (Wildman–Crippen LogP) is 4.88. The van der Waals surface area contributed by atoms with Crippen LogP contribution in [0.1, 0.15) is 29.7 Å². The molecule has 1 atom stereocenters. The van der Waals surface area contributed by atoms with Gasteiger partial charge in [-0.3, -0.25) is 0 Å². The second kappa shape index (κ2) is 5.65. The highest BCUT2D eigenvalue weighted by molar-refractivity contribution is 9.12. The largest absolute Gasteiger partial charge is 0.320 e. The average molecular weight is 375 g/mol. The molecule has 0 saturated heterocycles. The molecule has 1 aromatic carbocycles. The molecule has 0 saturated carbocycles. The second-order valence-corrected chi connectivity index (χ2v) is 7.60. The van der Waals surface area contributed by atoms with Gasteiger partial charge in [-0.15, -0.1) is 11.3 Å². The van der Waals surface area contributed by atoms with Crippen LogP contribution in [0.3, 0.4) is 0 Å². The van der Waals surface area contributed by atoms with E-state index in [-0.39, 0.29) is 6.04 Å². The maximum absolute atomic E-state index is 6.28. The summed E-state index contributed by atoms with van der Waals surface area (Å²) in [5.74, 6) is 0. The van der Waals surface area contributed by atoms with Crippen LogP contribution in [0.2, 0.25) is 0 Å². The number of aryl methyl sites for hydroxylation is 1. The Kier molecular flexibility index (Phi) is 4.42. The van der Waals surface area contributed by atoms with Crippen molar-refractivity contribution < 1.29 is 0 Å². The Labute approximate surface area is 122 Å². The molecule has 2 N–H and O–H groups in total. The minimum atomic E-state index is -0.0715. The minimum absolute atomic E-state index is 0.0715. The summed E-state index contributed by atoms with van der Waals surface area (Å²) in [6, 6.07) is 10.5. The smallest absolute Gasteiger partial charge is 0.0761 e. The number of thiophene rings is 1. The molecule has 0 bridgehead atoms. The van der Waals surface area contributed by atoms with Crippen LogP contribution in [0, 0.1) is 0 Å². The third kappa shape index (κ3) is 2.99. The molecule has 0 aliphatic heterocycles. The molecule has 4 heteroatoms. The molecule has 0 amide bonds. The summed E-state index contributed by atoms with van der Waals surface area (Å²) in [5, 5.41) is 0. The van der Waals surface area contributed by atoms with Crippen molar-refractivity contribution >= 4 is 43.2 Å². The van der Waals surface area contributed by atoms with Crippen LogP contribution in [-0.2, 0) is 6.42 Å². The van der Waals surface area contributed by atoms with Crippen LogP contribution in [0.5, 0.6) is 0 Å². The first-order valence-corrected chi connectivity index (χ1v) is 7.81. The van der Waals surface area contributed by atoms with Crippen molar-refractivity contribution in [2.24, 2.45) is 5.73 Å². The van der Waals surface area contributed by atoms with Crippen molar-refractivity contribution in [1.82, 2.24) is 0 Å². The molecule has 1 heterocycles. The third-order valence-electron chi connectivity index (χ3n) is 2.77. The summed E-state index contributed by atoms with van der Waals surface area (Å²) in [7, 11) is 0. The first-order valence-electron chi connectivity index (χ1n) is 5.41. The summed E-state index contributed by atoms with van der Waals surface area (Å²) < 4.78 is 2.19. The third-order valence-corrected chi connectivity index (χ3v) is 5.15. The lowest BCUT2D eigenvalue weighted by atomic mass is 10.0. The summed E-state index contributed by atoms with van der Waals surface area (Å²) in [5.41, 5.74) is 9.89.